The number of alkyl halides is 2. The van der Waals surface area contributed by atoms with Gasteiger partial charge in [0, 0.05) is 30.4 Å². The van der Waals surface area contributed by atoms with Crippen molar-refractivity contribution >= 4 is 23.2 Å². The number of aromatic nitrogens is 1. The number of hydrogen-bond acceptors (Lipinski definition) is 2. The molecule has 0 bridgehead atoms. The van der Waals surface area contributed by atoms with Gasteiger partial charge in [0.05, 0.1) is 10.0 Å². The lowest BCUT2D eigenvalue weighted by Gasteiger charge is -2.14. The molecule has 78 valence electrons. The number of rotatable bonds is 3. The van der Waals surface area contributed by atoms with Gasteiger partial charge in [0.2, 0.25) is 6.43 Å². The lowest BCUT2D eigenvalue weighted by Crippen LogP contribution is -2.15. The lowest BCUT2D eigenvalue weighted by atomic mass is 10.1. The van der Waals surface area contributed by atoms with Crippen LogP contribution in [0.3, 0.4) is 0 Å². The van der Waals surface area contributed by atoms with E-state index in [1.807, 2.05) is 0 Å². The highest BCUT2D eigenvalue weighted by Crippen LogP contribution is 2.30. The molecule has 0 aliphatic carbocycles. The average molecular weight is 241 g/mol. The largest absolute Gasteiger partial charge is 0.324 e. The highest BCUT2D eigenvalue weighted by atomic mass is 35.5. The van der Waals surface area contributed by atoms with Crippen molar-refractivity contribution in [3.63, 3.8) is 0 Å². The van der Waals surface area contributed by atoms with Gasteiger partial charge in [-0.2, -0.15) is 0 Å². The summed E-state index contributed by atoms with van der Waals surface area (Å²) in [5, 5.41) is 0.427. The second-order valence-electron chi connectivity index (χ2n) is 2.75. The Balaban J connectivity index is 2.94. The summed E-state index contributed by atoms with van der Waals surface area (Å²) in [5.41, 5.74) is 5.84. The Morgan fingerprint density at radius 3 is 2.21 bits per heavy atom. The van der Waals surface area contributed by atoms with Crippen molar-refractivity contribution in [2.45, 2.75) is 18.9 Å². The van der Waals surface area contributed by atoms with Crippen LogP contribution in [0.2, 0.25) is 10.0 Å². The molecule has 2 N–H and O–H groups in total. The molecule has 6 heteroatoms. The second-order valence-corrected chi connectivity index (χ2v) is 3.56. The van der Waals surface area contributed by atoms with Gasteiger partial charge in [0.25, 0.3) is 0 Å². The van der Waals surface area contributed by atoms with Gasteiger partial charge in [-0.1, -0.05) is 23.2 Å². The molecule has 0 unspecified atom stereocenters. The minimum atomic E-state index is -2.48. The normalized spacial score (nSPS) is 13.3. The van der Waals surface area contributed by atoms with Crippen LogP contribution in [0.4, 0.5) is 8.78 Å². The maximum atomic E-state index is 12.1. The predicted molar refractivity (Wildman–Crippen MR) is 51.8 cm³/mol. The Morgan fingerprint density at radius 2 is 1.79 bits per heavy atom. The molecule has 0 saturated heterocycles. The zero-order chi connectivity index (χ0) is 10.7. The average Bonchev–Trinajstić information content (AvgIpc) is 2.01. The monoisotopic (exact) mass is 240 g/mol. The van der Waals surface area contributed by atoms with Crippen LogP contribution in [0, 0.1) is 0 Å². The number of nitrogens with two attached hydrogens (primary N) is 1. The fourth-order valence-corrected chi connectivity index (χ4v) is 1.73. The summed E-state index contributed by atoms with van der Waals surface area (Å²) in [4.78, 5) is 3.70. The summed E-state index contributed by atoms with van der Waals surface area (Å²) in [6.07, 6.45) is -0.295. The van der Waals surface area contributed by atoms with Crippen molar-refractivity contribution in [2.75, 3.05) is 0 Å². The second kappa shape index (κ2) is 4.87. The van der Waals surface area contributed by atoms with E-state index < -0.39 is 18.9 Å². The minimum absolute atomic E-state index is 0.214. The van der Waals surface area contributed by atoms with Gasteiger partial charge in [0.15, 0.2) is 0 Å². The maximum Gasteiger partial charge on any atom is 0.240 e. The Morgan fingerprint density at radius 1 is 1.29 bits per heavy atom. The molecule has 0 aromatic carbocycles. The van der Waals surface area contributed by atoms with Crippen LogP contribution in [0.1, 0.15) is 18.0 Å². The molecular formula is C8H8Cl2F2N2. The van der Waals surface area contributed by atoms with Crippen molar-refractivity contribution in [3.8, 4) is 0 Å². The molecule has 0 aliphatic heterocycles. The third-order valence-electron chi connectivity index (χ3n) is 1.69. The van der Waals surface area contributed by atoms with E-state index in [0.29, 0.717) is 5.56 Å². The van der Waals surface area contributed by atoms with E-state index in [1.54, 1.807) is 0 Å². The first kappa shape index (κ1) is 11.6. The number of hydrogen-bond donors (Lipinski definition) is 1. The van der Waals surface area contributed by atoms with Crippen molar-refractivity contribution in [3.05, 3.63) is 28.0 Å². The van der Waals surface area contributed by atoms with Crippen LogP contribution >= 0.6 is 23.2 Å². The molecule has 14 heavy (non-hydrogen) atoms. The molecule has 1 aromatic rings. The van der Waals surface area contributed by atoms with Crippen LogP contribution in [-0.4, -0.2) is 11.4 Å². The number of nitrogens with zero attached hydrogens (tertiary/aromatic N) is 1. The van der Waals surface area contributed by atoms with Crippen LogP contribution < -0.4 is 5.73 Å². The van der Waals surface area contributed by atoms with Gasteiger partial charge in [-0.05, 0) is 0 Å². The topological polar surface area (TPSA) is 38.9 Å². The van der Waals surface area contributed by atoms with Crippen LogP contribution in [0.15, 0.2) is 12.4 Å². The van der Waals surface area contributed by atoms with Crippen molar-refractivity contribution in [1.29, 1.82) is 0 Å². The van der Waals surface area contributed by atoms with Crippen LogP contribution in [0.25, 0.3) is 0 Å². The quantitative estimate of drug-likeness (QED) is 0.883. The summed E-state index contributed by atoms with van der Waals surface area (Å²) in [7, 11) is 0. The Hall–Kier alpha value is -0.450. The Labute approximate surface area is 90.0 Å². The van der Waals surface area contributed by atoms with Crippen molar-refractivity contribution < 1.29 is 8.78 Å². The molecule has 0 radical (unpaired) electrons. The SMILES string of the molecule is N[C@H](CC(F)F)c1c(Cl)cncc1Cl. The standard InChI is InChI=1S/C8H8Cl2F2N2/c9-4-2-14-3-5(10)8(4)6(13)1-7(11)12/h2-3,6-7H,1,13H2/t6-/m1/s1. The smallest absolute Gasteiger partial charge is 0.240 e. The lowest BCUT2D eigenvalue weighted by molar-refractivity contribution is 0.128. The van der Waals surface area contributed by atoms with Crippen LogP contribution in [0.5, 0.6) is 0 Å². The van der Waals surface area contributed by atoms with E-state index in [-0.39, 0.29) is 10.0 Å². The third-order valence-corrected chi connectivity index (χ3v) is 2.30. The van der Waals surface area contributed by atoms with Crippen LogP contribution in [-0.2, 0) is 0 Å². The van der Waals surface area contributed by atoms with Crippen molar-refractivity contribution in [2.24, 2.45) is 5.73 Å². The molecular weight excluding hydrogens is 233 g/mol. The van der Waals surface area contributed by atoms with Gasteiger partial charge in [0.1, 0.15) is 0 Å². The molecule has 0 spiro atoms. The zero-order valence-corrected chi connectivity index (χ0v) is 8.56. The summed E-state index contributed by atoms with van der Waals surface area (Å²) in [6, 6.07) is -0.863. The highest BCUT2D eigenvalue weighted by Gasteiger charge is 2.18. The van der Waals surface area contributed by atoms with E-state index in [9.17, 15) is 8.78 Å². The van der Waals surface area contributed by atoms with Gasteiger partial charge < -0.3 is 5.73 Å². The minimum Gasteiger partial charge on any atom is -0.324 e. The summed E-state index contributed by atoms with van der Waals surface area (Å²) in [5.74, 6) is 0. The molecule has 0 fully saturated rings. The molecule has 0 aliphatic rings. The first-order chi connectivity index (χ1) is 6.52. The van der Waals surface area contributed by atoms with Gasteiger partial charge in [-0.15, -0.1) is 0 Å². The molecule has 0 saturated carbocycles. The molecule has 0 amide bonds. The Bertz CT molecular complexity index is 300. The van der Waals surface area contributed by atoms with E-state index in [2.05, 4.69) is 4.98 Å². The molecule has 1 aromatic heterocycles. The van der Waals surface area contributed by atoms with E-state index in [4.69, 9.17) is 28.9 Å². The van der Waals surface area contributed by atoms with Gasteiger partial charge >= 0.3 is 0 Å². The van der Waals surface area contributed by atoms with E-state index >= 15 is 0 Å². The fraction of sp³-hybridized carbons (Fsp3) is 0.375. The van der Waals surface area contributed by atoms with Gasteiger partial charge in [-0.25, -0.2) is 8.78 Å². The molecule has 1 rings (SSSR count). The first-order valence-corrected chi connectivity index (χ1v) is 4.60. The molecule has 1 heterocycles. The molecule has 2 nitrogen and oxygen atoms in total. The first-order valence-electron chi connectivity index (χ1n) is 3.85. The number of pyridine rings is 1. The van der Waals surface area contributed by atoms with Gasteiger partial charge in [-0.3, -0.25) is 4.98 Å². The predicted octanol–water partition coefficient (Wildman–Crippen LogP) is 3.04. The number of halogens is 4. The maximum absolute atomic E-state index is 12.1. The molecule has 1 atom stereocenters. The zero-order valence-electron chi connectivity index (χ0n) is 7.05. The van der Waals surface area contributed by atoms with Crippen molar-refractivity contribution in [1.82, 2.24) is 4.98 Å². The highest BCUT2D eigenvalue weighted by molar-refractivity contribution is 6.35. The van der Waals surface area contributed by atoms with E-state index in [0.717, 1.165) is 0 Å². The fourth-order valence-electron chi connectivity index (χ4n) is 1.09. The Kier molecular flexibility index (Phi) is 4.04. The summed E-state index contributed by atoms with van der Waals surface area (Å²) in [6.45, 7) is 0. The van der Waals surface area contributed by atoms with E-state index in [1.165, 1.54) is 12.4 Å². The third kappa shape index (κ3) is 2.77. The summed E-state index contributed by atoms with van der Waals surface area (Å²) >= 11 is 11.5. The summed E-state index contributed by atoms with van der Waals surface area (Å²) < 4.78 is 24.1.